The van der Waals surface area contributed by atoms with Crippen molar-refractivity contribution < 1.29 is 4.79 Å². The average molecular weight is 502 g/mol. The molecule has 1 aliphatic carbocycles. The van der Waals surface area contributed by atoms with Gasteiger partial charge in [-0.15, -0.1) is 0 Å². The van der Waals surface area contributed by atoms with Gasteiger partial charge in [-0.25, -0.2) is 4.68 Å². The Morgan fingerprint density at radius 2 is 1.70 bits per heavy atom. The Hall–Kier alpha value is -3.19. The summed E-state index contributed by atoms with van der Waals surface area (Å²) < 4.78 is 1.67. The molecule has 0 atom stereocenters. The summed E-state index contributed by atoms with van der Waals surface area (Å²) in [4.78, 5) is 27.1. The minimum absolute atomic E-state index is 0.00237. The molecule has 5 rings (SSSR count). The number of piperidine rings is 1. The van der Waals surface area contributed by atoms with Crippen LogP contribution in [0.1, 0.15) is 69.8 Å². The number of aryl methyl sites for hydroxylation is 1. The number of fused-ring (bicyclic) bond motifs is 1. The van der Waals surface area contributed by atoms with E-state index < -0.39 is 0 Å². The first-order valence-electron chi connectivity index (χ1n) is 13.9. The number of hydrogen-bond donors (Lipinski definition) is 2. The van der Waals surface area contributed by atoms with E-state index in [1.807, 2.05) is 36.4 Å². The van der Waals surface area contributed by atoms with Gasteiger partial charge >= 0.3 is 0 Å². The van der Waals surface area contributed by atoms with Crippen molar-refractivity contribution in [3.8, 4) is 0 Å². The van der Waals surface area contributed by atoms with Crippen LogP contribution in [0.25, 0.3) is 10.8 Å². The van der Waals surface area contributed by atoms with Crippen LogP contribution in [0.4, 0.5) is 11.5 Å². The standard InChI is InChI=1S/C30H39N5O2/c1-22(36)31-26-12-7-9-24(21-26)23-15-19-34(20-16-23)17-8-18-35-30(37)28-14-6-5-13-27(28)29(33-35)32-25-10-3-2-4-11-25/h5-7,9,12-14,21,23,25H,2-4,8,10-11,15-20H2,1H3,(H,31,36)(H,32,33). The van der Waals surface area contributed by atoms with Gasteiger partial charge in [0.2, 0.25) is 5.91 Å². The van der Waals surface area contributed by atoms with E-state index >= 15 is 0 Å². The number of carbonyl (C=O) groups excluding carboxylic acids is 1. The number of carbonyl (C=O) groups is 1. The molecule has 1 saturated carbocycles. The lowest BCUT2D eigenvalue weighted by Crippen LogP contribution is -2.35. The molecule has 3 aromatic rings. The molecular formula is C30H39N5O2. The number of likely N-dealkylation sites (tertiary alicyclic amines) is 1. The number of rotatable bonds is 8. The third-order valence-corrected chi connectivity index (χ3v) is 7.92. The van der Waals surface area contributed by atoms with Crippen molar-refractivity contribution in [3.05, 3.63) is 64.4 Å². The summed E-state index contributed by atoms with van der Waals surface area (Å²) in [6.45, 7) is 5.22. The number of aromatic nitrogens is 2. The van der Waals surface area contributed by atoms with Crippen LogP contribution < -0.4 is 16.2 Å². The van der Waals surface area contributed by atoms with Crippen molar-refractivity contribution in [2.75, 3.05) is 30.3 Å². The van der Waals surface area contributed by atoms with E-state index in [-0.39, 0.29) is 11.5 Å². The highest BCUT2D eigenvalue weighted by Gasteiger charge is 2.21. The highest BCUT2D eigenvalue weighted by molar-refractivity contribution is 5.91. The summed E-state index contributed by atoms with van der Waals surface area (Å²) in [7, 11) is 0. The predicted molar refractivity (Wildman–Crippen MR) is 150 cm³/mol. The average Bonchev–Trinajstić information content (AvgIpc) is 2.92. The molecule has 2 N–H and O–H groups in total. The summed E-state index contributed by atoms with van der Waals surface area (Å²) in [5, 5.41) is 13.0. The maximum absolute atomic E-state index is 13.2. The van der Waals surface area contributed by atoms with E-state index in [4.69, 9.17) is 5.10 Å². The fraction of sp³-hybridized carbons (Fsp3) is 0.500. The maximum atomic E-state index is 13.2. The highest BCUT2D eigenvalue weighted by atomic mass is 16.1. The van der Waals surface area contributed by atoms with Gasteiger partial charge in [-0.2, -0.15) is 5.10 Å². The smallest absolute Gasteiger partial charge is 0.274 e. The Morgan fingerprint density at radius 1 is 0.946 bits per heavy atom. The SMILES string of the molecule is CC(=O)Nc1cccc(C2CCN(CCCn3nc(NC4CCCCC4)c4ccccc4c3=O)CC2)c1. The van der Waals surface area contributed by atoms with Crippen molar-refractivity contribution in [2.45, 2.75) is 76.8 Å². The fourth-order valence-electron chi connectivity index (χ4n) is 5.94. The van der Waals surface area contributed by atoms with E-state index in [1.54, 1.807) is 11.6 Å². The van der Waals surface area contributed by atoms with Gasteiger partial charge in [0.25, 0.3) is 5.56 Å². The minimum Gasteiger partial charge on any atom is -0.365 e. The van der Waals surface area contributed by atoms with Gasteiger partial charge in [-0.1, -0.05) is 49.6 Å². The van der Waals surface area contributed by atoms with E-state index in [0.29, 0.717) is 18.5 Å². The molecule has 0 spiro atoms. The summed E-state index contributed by atoms with van der Waals surface area (Å²) in [5.74, 6) is 1.33. The molecule has 1 aromatic heterocycles. The first-order chi connectivity index (χ1) is 18.1. The molecule has 1 aliphatic heterocycles. The Morgan fingerprint density at radius 3 is 2.46 bits per heavy atom. The van der Waals surface area contributed by atoms with Crippen molar-refractivity contribution >= 4 is 28.2 Å². The van der Waals surface area contributed by atoms with Crippen LogP contribution in [0.3, 0.4) is 0 Å². The van der Waals surface area contributed by atoms with Gasteiger partial charge in [0.15, 0.2) is 5.82 Å². The third-order valence-electron chi connectivity index (χ3n) is 7.92. The molecule has 1 amide bonds. The molecule has 2 aliphatic rings. The predicted octanol–water partition coefficient (Wildman–Crippen LogP) is 5.37. The summed E-state index contributed by atoms with van der Waals surface area (Å²) >= 11 is 0. The lowest BCUT2D eigenvalue weighted by Gasteiger charge is -2.32. The number of nitrogens with zero attached hydrogens (tertiary/aromatic N) is 3. The molecule has 196 valence electrons. The molecule has 37 heavy (non-hydrogen) atoms. The lowest BCUT2D eigenvalue weighted by atomic mass is 9.89. The topological polar surface area (TPSA) is 79.3 Å². The molecule has 0 radical (unpaired) electrons. The summed E-state index contributed by atoms with van der Waals surface area (Å²) in [5.41, 5.74) is 2.18. The van der Waals surface area contributed by atoms with Gasteiger partial charge in [-0.3, -0.25) is 9.59 Å². The van der Waals surface area contributed by atoms with E-state index in [2.05, 4.69) is 27.7 Å². The largest absolute Gasteiger partial charge is 0.365 e. The first-order valence-corrected chi connectivity index (χ1v) is 13.9. The van der Waals surface area contributed by atoms with Gasteiger partial charge in [0.05, 0.1) is 5.39 Å². The molecule has 0 bridgehead atoms. The monoisotopic (exact) mass is 501 g/mol. The van der Waals surface area contributed by atoms with E-state index in [0.717, 1.165) is 61.2 Å². The second kappa shape index (κ2) is 11.9. The summed E-state index contributed by atoms with van der Waals surface area (Å²) in [6, 6.07) is 16.5. The number of nitrogens with one attached hydrogen (secondary N) is 2. The molecule has 2 aromatic carbocycles. The Labute approximate surface area is 219 Å². The second-order valence-electron chi connectivity index (χ2n) is 10.7. The van der Waals surface area contributed by atoms with Crippen molar-refractivity contribution in [3.63, 3.8) is 0 Å². The maximum Gasteiger partial charge on any atom is 0.274 e. The normalized spacial score (nSPS) is 17.6. The van der Waals surface area contributed by atoms with E-state index in [1.165, 1.54) is 37.7 Å². The minimum atomic E-state index is -0.0381. The van der Waals surface area contributed by atoms with Gasteiger partial charge < -0.3 is 15.5 Å². The van der Waals surface area contributed by atoms with Crippen LogP contribution in [-0.4, -0.2) is 46.3 Å². The molecule has 0 unspecified atom stereocenters. The van der Waals surface area contributed by atoms with Crippen LogP contribution in [0.15, 0.2) is 53.3 Å². The molecular weight excluding hydrogens is 462 g/mol. The van der Waals surface area contributed by atoms with Gasteiger partial charge in [-0.05, 0) is 81.4 Å². The number of benzene rings is 2. The Balaban J connectivity index is 1.18. The zero-order chi connectivity index (χ0) is 25.6. The van der Waals surface area contributed by atoms with Gasteiger partial charge in [0, 0.05) is 30.6 Å². The van der Waals surface area contributed by atoms with Gasteiger partial charge in [0.1, 0.15) is 0 Å². The molecule has 1 saturated heterocycles. The van der Waals surface area contributed by atoms with Crippen molar-refractivity contribution in [1.82, 2.24) is 14.7 Å². The first kappa shape index (κ1) is 25.5. The van der Waals surface area contributed by atoms with Crippen molar-refractivity contribution in [1.29, 1.82) is 0 Å². The van der Waals surface area contributed by atoms with Crippen LogP contribution in [-0.2, 0) is 11.3 Å². The molecule has 2 fully saturated rings. The number of amides is 1. The second-order valence-corrected chi connectivity index (χ2v) is 10.7. The van der Waals surface area contributed by atoms with Crippen LogP contribution in [0.5, 0.6) is 0 Å². The third kappa shape index (κ3) is 6.39. The van der Waals surface area contributed by atoms with Crippen LogP contribution in [0.2, 0.25) is 0 Å². The fourth-order valence-corrected chi connectivity index (χ4v) is 5.94. The Kier molecular flexibility index (Phi) is 8.19. The van der Waals surface area contributed by atoms with Crippen molar-refractivity contribution in [2.24, 2.45) is 0 Å². The highest BCUT2D eigenvalue weighted by Crippen LogP contribution is 2.30. The number of anilines is 2. The van der Waals surface area contributed by atoms with Crippen LogP contribution >= 0.6 is 0 Å². The Bertz CT molecular complexity index is 1270. The van der Waals surface area contributed by atoms with E-state index in [9.17, 15) is 9.59 Å². The zero-order valence-electron chi connectivity index (χ0n) is 21.9. The zero-order valence-corrected chi connectivity index (χ0v) is 21.9. The summed E-state index contributed by atoms with van der Waals surface area (Å²) in [6.07, 6.45) is 9.27. The lowest BCUT2D eigenvalue weighted by molar-refractivity contribution is -0.114. The molecule has 2 heterocycles. The van der Waals surface area contributed by atoms with Crippen LogP contribution in [0, 0.1) is 0 Å². The molecule has 7 nitrogen and oxygen atoms in total. The number of hydrogen-bond acceptors (Lipinski definition) is 5. The molecule has 7 heteroatoms. The quantitative estimate of drug-likeness (QED) is 0.434.